The first-order valence-electron chi connectivity index (χ1n) is 5.91. The van der Waals surface area contributed by atoms with Gasteiger partial charge in [-0.2, -0.15) is 0 Å². The Balaban J connectivity index is 2.77. The summed E-state index contributed by atoms with van der Waals surface area (Å²) in [4.78, 5) is 13.7. The molecule has 0 aromatic heterocycles. The van der Waals surface area contributed by atoms with Gasteiger partial charge in [0.25, 0.3) is 0 Å². The Morgan fingerprint density at radius 1 is 1.47 bits per heavy atom. The van der Waals surface area contributed by atoms with E-state index >= 15 is 0 Å². The maximum absolute atomic E-state index is 11.4. The lowest BCUT2D eigenvalue weighted by atomic mass is 9.76. The molecule has 1 rings (SSSR count). The van der Waals surface area contributed by atoms with Gasteiger partial charge >= 0.3 is 5.97 Å². The number of carbonyl (C=O) groups is 1. The number of likely N-dealkylation sites (tertiary alicyclic amines) is 1. The van der Waals surface area contributed by atoms with E-state index in [9.17, 15) is 9.90 Å². The quantitative estimate of drug-likeness (QED) is 0.778. The monoisotopic (exact) mass is 213 g/mol. The van der Waals surface area contributed by atoms with E-state index in [-0.39, 0.29) is 5.92 Å². The molecule has 0 aromatic rings. The summed E-state index contributed by atoms with van der Waals surface area (Å²) in [5.41, 5.74) is -0.510. The van der Waals surface area contributed by atoms with Crippen LogP contribution in [-0.4, -0.2) is 35.1 Å². The molecular formula is C12H23NO2. The predicted molar refractivity (Wildman–Crippen MR) is 60.8 cm³/mol. The molecule has 1 N–H and O–H groups in total. The topological polar surface area (TPSA) is 40.5 Å². The van der Waals surface area contributed by atoms with Gasteiger partial charge in [0, 0.05) is 12.6 Å². The van der Waals surface area contributed by atoms with Crippen molar-refractivity contribution < 1.29 is 9.90 Å². The second-order valence-electron chi connectivity index (χ2n) is 5.09. The van der Waals surface area contributed by atoms with Gasteiger partial charge in [-0.05, 0) is 32.2 Å². The molecule has 1 aliphatic heterocycles. The lowest BCUT2D eigenvalue weighted by Gasteiger charge is -2.30. The molecule has 3 heteroatoms. The van der Waals surface area contributed by atoms with Crippen LogP contribution in [0.25, 0.3) is 0 Å². The van der Waals surface area contributed by atoms with Gasteiger partial charge in [-0.25, -0.2) is 0 Å². The molecule has 88 valence electrons. The first-order chi connectivity index (χ1) is 6.94. The average Bonchev–Trinajstić information content (AvgIpc) is 2.62. The van der Waals surface area contributed by atoms with Crippen molar-refractivity contribution in [3.05, 3.63) is 0 Å². The van der Waals surface area contributed by atoms with Crippen LogP contribution in [0.15, 0.2) is 0 Å². The van der Waals surface area contributed by atoms with Crippen LogP contribution >= 0.6 is 0 Å². The van der Waals surface area contributed by atoms with Crippen LogP contribution in [0.3, 0.4) is 0 Å². The molecular weight excluding hydrogens is 190 g/mol. The van der Waals surface area contributed by atoms with Crippen LogP contribution in [-0.2, 0) is 4.79 Å². The van der Waals surface area contributed by atoms with Crippen molar-refractivity contribution in [2.45, 2.75) is 46.6 Å². The summed E-state index contributed by atoms with van der Waals surface area (Å²) in [5, 5.41) is 9.38. The Bertz CT molecular complexity index is 240. The summed E-state index contributed by atoms with van der Waals surface area (Å²) in [6.07, 6.45) is 1.89. The number of nitrogens with zero attached hydrogens (tertiary/aromatic N) is 1. The van der Waals surface area contributed by atoms with Crippen molar-refractivity contribution in [1.82, 2.24) is 4.90 Å². The molecule has 1 saturated heterocycles. The number of hydrogen-bond donors (Lipinski definition) is 1. The molecule has 0 bridgehead atoms. The zero-order valence-corrected chi connectivity index (χ0v) is 10.3. The van der Waals surface area contributed by atoms with E-state index in [0.29, 0.717) is 6.04 Å². The largest absolute Gasteiger partial charge is 0.481 e. The van der Waals surface area contributed by atoms with Crippen molar-refractivity contribution in [3.8, 4) is 0 Å². The number of carboxylic acid groups (broad SMARTS) is 1. The molecule has 2 unspecified atom stereocenters. The molecule has 1 heterocycles. The van der Waals surface area contributed by atoms with Gasteiger partial charge in [-0.3, -0.25) is 9.69 Å². The van der Waals surface area contributed by atoms with E-state index in [2.05, 4.69) is 18.7 Å². The maximum Gasteiger partial charge on any atom is 0.311 e. The van der Waals surface area contributed by atoms with E-state index in [1.165, 1.54) is 0 Å². The van der Waals surface area contributed by atoms with Crippen LogP contribution in [0.1, 0.15) is 40.5 Å². The van der Waals surface area contributed by atoms with Crippen LogP contribution in [0.2, 0.25) is 0 Å². The van der Waals surface area contributed by atoms with Gasteiger partial charge in [0.2, 0.25) is 0 Å². The Morgan fingerprint density at radius 3 is 2.40 bits per heavy atom. The number of carboxylic acids is 1. The van der Waals surface area contributed by atoms with E-state index in [0.717, 1.165) is 25.9 Å². The molecule has 0 saturated carbocycles. The van der Waals surface area contributed by atoms with Gasteiger partial charge in [-0.15, -0.1) is 0 Å². The summed E-state index contributed by atoms with van der Waals surface area (Å²) in [6.45, 7) is 10.0. The van der Waals surface area contributed by atoms with E-state index in [1.54, 1.807) is 0 Å². The van der Waals surface area contributed by atoms with Gasteiger partial charge in [0.1, 0.15) is 0 Å². The summed E-state index contributed by atoms with van der Waals surface area (Å²) in [7, 11) is 0. The lowest BCUT2D eigenvalue weighted by molar-refractivity contribution is -0.151. The maximum atomic E-state index is 11.4. The molecule has 1 aliphatic rings. The van der Waals surface area contributed by atoms with Crippen LogP contribution < -0.4 is 0 Å². The number of rotatable bonds is 4. The van der Waals surface area contributed by atoms with Crippen molar-refractivity contribution in [2.24, 2.45) is 11.3 Å². The van der Waals surface area contributed by atoms with Crippen LogP contribution in [0.4, 0.5) is 0 Å². The fourth-order valence-corrected chi connectivity index (χ4v) is 2.39. The Kier molecular flexibility index (Phi) is 3.77. The van der Waals surface area contributed by atoms with E-state index < -0.39 is 11.4 Å². The fourth-order valence-electron chi connectivity index (χ4n) is 2.39. The smallest absolute Gasteiger partial charge is 0.311 e. The van der Waals surface area contributed by atoms with Crippen molar-refractivity contribution in [1.29, 1.82) is 0 Å². The summed E-state index contributed by atoms with van der Waals surface area (Å²) in [6, 6.07) is 0.505. The third-order valence-electron chi connectivity index (χ3n) is 4.08. The van der Waals surface area contributed by atoms with Crippen LogP contribution in [0, 0.1) is 11.3 Å². The van der Waals surface area contributed by atoms with Crippen LogP contribution in [0.5, 0.6) is 0 Å². The number of hydrogen-bond acceptors (Lipinski definition) is 2. The van der Waals surface area contributed by atoms with Gasteiger partial charge in [0.15, 0.2) is 0 Å². The Labute approximate surface area is 92.5 Å². The van der Waals surface area contributed by atoms with Gasteiger partial charge < -0.3 is 5.11 Å². The summed E-state index contributed by atoms with van der Waals surface area (Å²) < 4.78 is 0. The molecule has 0 spiro atoms. The SMILES string of the molecule is CCC(C)N1CCC(C(=O)O)(C(C)C)C1. The normalized spacial score (nSPS) is 29.7. The minimum atomic E-state index is -0.622. The predicted octanol–water partition coefficient (Wildman–Crippen LogP) is 2.22. The van der Waals surface area contributed by atoms with Gasteiger partial charge in [-0.1, -0.05) is 20.8 Å². The third kappa shape index (κ3) is 2.17. The molecule has 0 aromatic carbocycles. The molecule has 3 nitrogen and oxygen atoms in total. The Morgan fingerprint density at radius 2 is 2.07 bits per heavy atom. The van der Waals surface area contributed by atoms with Crippen molar-refractivity contribution in [2.75, 3.05) is 13.1 Å². The molecule has 2 atom stereocenters. The highest BCUT2D eigenvalue weighted by Gasteiger charge is 2.47. The first kappa shape index (κ1) is 12.5. The van der Waals surface area contributed by atoms with E-state index in [4.69, 9.17) is 0 Å². The summed E-state index contributed by atoms with van der Waals surface area (Å²) >= 11 is 0. The molecule has 1 fully saturated rings. The molecule has 0 radical (unpaired) electrons. The standard InChI is InChI=1S/C12H23NO2/c1-5-10(4)13-7-6-12(8-13,9(2)3)11(14)15/h9-10H,5-8H2,1-4H3,(H,14,15). The fraction of sp³-hybridized carbons (Fsp3) is 0.917. The Hall–Kier alpha value is -0.570. The molecule has 0 amide bonds. The van der Waals surface area contributed by atoms with Crippen molar-refractivity contribution >= 4 is 5.97 Å². The van der Waals surface area contributed by atoms with Crippen molar-refractivity contribution in [3.63, 3.8) is 0 Å². The van der Waals surface area contributed by atoms with E-state index in [1.807, 2.05) is 13.8 Å². The highest BCUT2D eigenvalue weighted by atomic mass is 16.4. The molecule has 0 aliphatic carbocycles. The lowest BCUT2D eigenvalue weighted by Crippen LogP contribution is -2.41. The zero-order chi connectivity index (χ0) is 11.6. The average molecular weight is 213 g/mol. The van der Waals surface area contributed by atoms with Gasteiger partial charge in [0.05, 0.1) is 5.41 Å². The second-order valence-corrected chi connectivity index (χ2v) is 5.09. The summed E-state index contributed by atoms with van der Waals surface area (Å²) in [5.74, 6) is -0.410. The zero-order valence-electron chi connectivity index (χ0n) is 10.3. The highest BCUT2D eigenvalue weighted by molar-refractivity contribution is 5.75. The molecule has 15 heavy (non-hydrogen) atoms. The first-order valence-corrected chi connectivity index (χ1v) is 5.91. The number of aliphatic carboxylic acids is 1. The minimum Gasteiger partial charge on any atom is -0.481 e. The highest BCUT2D eigenvalue weighted by Crippen LogP contribution is 2.39. The third-order valence-corrected chi connectivity index (χ3v) is 4.08. The second kappa shape index (κ2) is 4.52. The minimum absolute atomic E-state index is 0.212.